The number of fused-ring (bicyclic) bond motifs is 1. The second-order valence-corrected chi connectivity index (χ2v) is 7.72. The number of hydrogen-bond donors (Lipinski definition) is 0. The van der Waals surface area contributed by atoms with Crippen LogP contribution in [-0.2, 0) is 17.8 Å². The van der Waals surface area contributed by atoms with Gasteiger partial charge in [-0.1, -0.05) is 51.8 Å². The Balaban J connectivity index is 1.67. The fourth-order valence-corrected chi connectivity index (χ4v) is 4.08. The average Bonchev–Trinajstić information content (AvgIpc) is 3.07. The third-order valence-corrected chi connectivity index (χ3v) is 5.39. The largest absolute Gasteiger partial charge is 0.328 e. The summed E-state index contributed by atoms with van der Waals surface area (Å²) >= 11 is 9.63. The van der Waals surface area contributed by atoms with Crippen molar-refractivity contribution in [3.63, 3.8) is 0 Å². The molecule has 1 aliphatic heterocycles. The molecule has 6 heteroatoms. The minimum atomic E-state index is -0.143. The van der Waals surface area contributed by atoms with E-state index in [1.54, 1.807) is 6.33 Å². The zero-order valence-electron chi connectivity index (χ0n) is 14.0. The number of rotatable bonds is 4. The van der Waals surface area contributed by atoms with Gasteiger partial charge < -0.3 is 9.47 Å². The van der Waals surface area contributed by atoms with Crippen molar-refractivity contribution in [1.29, 1.82) is 0 Å². The van der Waals surface area contributed by atoms with E-state index in [4.69, 9.17) is 11.6 Å². The van der Waals surface area contributed by atoms with E-state index in [-0.39, 0.29) is 11.9 Å². The summed E-state index contributed by atoms with van der Waals surface area (Å²) in [5.74, 6) is 0.0995. The minimum Gasteiger partial charge on any atom is -0.328 e. The van der Waals surface area contributed by atoms with E-state index in [9.17, 15) is 4.79 Å². The van der Waals surface area contributed by atoms with E-state index in [0.717, 1.165) is 27.7 Å². The SMILES string of the molecule is O=C1Cn2cncc2C(c2cccc(Br)c2)N1CCc1cccc(Cl)c1. The molecule has 1 aliphatic rings. The second-order valence-electron chi connectivity index (χ2n) is 6.37. The summed E-state index contributed by atoms with van der Waals surface area (Å²) < 4.78 is 2.93. The third-order valence-electron chi connectivity index (χ3n) is 4.66. The highest BCUT2D eigenvalue weighted by atomic mass is 79.9. The van der Waals surface area contributed by atoms with Gasteiger partial charge in [0.25, 0.3) is 0 Å². The molecule has 0 N–H and O–H groups in total. The molecule has 0 radical (unpaired) electrons. The quantitative estimate of drug-likeness (QED) is 0.612. The molecule has 3 aromatic rings. The molecule has 0 bridgehead atoms. The molecule has 132 valence electrons. The van der Waals surface area contributed by atoms with E-state index < -0.39 is 0 Å². The van der Waals surface area contributed by atoms with Gasteiger partial charge in [-0.3, -0.25) is 4.79 Å². The maximum absolute atomic E-state index is 12.9. The number of nitrogens with zero attached hydrogens (tertiary/aromatic N) is 3. The Hall–Kier alpha value is -2.11. The molecule has 0 spiro atoms. The highest BCUT2D eigenvalue weighted by Gasteiger charge is 2.33. The van der Waals surface area contributed by atoms with Crippen LogP contribution in [0.5, 0.6) is 0 Å². The second kappa shape index (κ2) is 7.25. The van der Waals surface area contributed by atoms with Crippen LogP contribution in [0.15, 0.2) is 65.5 Å². The van der Waals surface area contributed by atoms with Crippen molar-refractivity contribution in [3.05, 3.63) is 87.4 Å². The van der Waals surface area contributed by atoms with E-state index >= 15 is 0 Å². The Morgan fingerprint density at radius 1 is 1.19 bits per heavy atom. The van der Waals surface area contributed by atoms with Crippen molar-refractivity contribution in [2.24, 2.45) is 0 Å². The lowest BCUT2D eigenvalue weighted by Crippen LogP contribution is -2.44. The lowest BCUT2D eigenvalue weighted by Gasteiger charge is -2.37. The fraction of sp³-hybridized carbons (Fsp3) is 0.200. The summed E-state index contributed by atoms with van der Waals surface area (Å²) in [5, 5.41) is 0.717. The van der Waals surface area contributed by atoms with Gasteiger partial charge in [0, 0.05) is 16.0 Å². The number of halogens is 2. The first-order chi connectivity index (χ1) is 12.6. The molecule has 0 aliphatic carbocycles. The predicted octanol–water partition coefficient (Wildman–Crippen LogP) is 4.47. The molecule has 1 aromatic heterocycles. The molecule has 2 heterocycles. The molecule has 4 nitrogen and oxygen atoms in total. The predicted molar refractivity (Wildman–Crippen MR) is 105 cm³/mol. The van der Waals surface area contributed by atoms with Gasteiger partial charge in [-0.25, -0.2) is 4.98 Å². The molecule has 2 aromatic carbocycles. The van der Waals surface area contributed by atoms with Gasteiger partial charge in [0.05, 0.1) is 24.3 Å². The Bertz CT molecular complexity index is 955. The number of hydrogen-bond acceptors (Lipinski definition) is 2. The molecule has 0 fully saturated rings. The van der Waals surface area contributed by atoms with E-state index in [0.29, 0.717) is 18.1 Å². The van der Waals surface area contributed by atoms with Crippen molar-refractivity contribution in [2.75, 3.05) is 6.54 Å². The Morgan fingerprint density at radius 3 is 2.85 bits per heavy atom. The smallest absolute Gasteiger partial charge is 0.243 e. The minimum absolute atomic E-state index is 0.0995. The first-order valence-corrected chi connectivity index (χ1v) is 9.58. The fourth-order valence-electron chi connectivity index (χ4n) is 3.45. The maximum atomic E-state index is 12.9. The van der Waals surface area contributed by atoms with Crippen LogP contribution in [0.1, 0.15) is 22.9 Å². The Morgan fingerprint density at radius 2 is 2.04 bits per heavy atom. The molecule has 1 amide bonds. The summed E-state index contributed by atoms with van der Waals surface area (Å²) in [4.78, 5) is 19.1. The van der Waals surface area contributed by atoms with Gasteiger partial charge in [-0.05, 0) is 41.8 Å². The first-order valence-electron chi connectivity index (χ1n) is 8.41. The standard InChI is InChI=1S/C20H17BrClN3O/c21-16-5-2-4-15(10-16)20-18-11-23-13-24(18)12-19(26)25(20)8-7-14-3-1-6-17(22)9-14/h1-6,9-11,13,20H,7-8,12H2. The average molecular weight is 431 g/mol. The number of imidazole rings is 1. The van der Waals surface area contributed by atoms with Crippen LogP contribution < -0.4 is 0 Å². The molecule has 1 atom stereocenters. The van der Waals surface area contributed by atoms with Crippen molar-refractivity contribution in [1.82, 2.24) is 14.5 Å². The van der Waals surface area contributed by atoms with Crippen molar-refractivity contribution < 1.29 is 4.79 Å². The van der Waals surface area contributed by atoms with Crippen LogP contribution in [0.25, 0.3) is 0 Å². The van der Waals surface area contributed by atoms with Gasteiger partial charge in [0.2, 0.25) is 5.91 Å². The van der Waals surface area contributed by atoms with E-state index in [2.05, 4.69) is 33.0 Å². The lowest BCUT2D eigenvalue weighted by molar-refractivity contribution is -0.135. The number of amides is 1. The van der Waals surface area contributed by atoms with Crippen LogP contribution in [-0.4, -0.2) is 26.9 Å². The number of carbonyl (C=O) groups excluding carboxylic acids is 1. The Kier molecular flexibility index (Phi) is 4.83. The van der Waals surface area contributed by atoms with Crippen LogP contribution in [0.2, 0.25) is 5.02 Å². The number of aromatic nitrogens is 2. The molecule has 0 saturated heterocycles. The van der Waals surface area contributed by atoms with Gasteiger partial charge in [-0.2, -0.15) is 0 Å². The molecular weight excluding hydrogens is 414 g/mol. The third kappa shape index (κ3) is 3.41. The summed E-state index contributed by atoms with van der Waals surface area (Å²) in [6.45, 7) is 0.955. The normalized spacial score (nSPS) is 16.6. The van der Waals surface area contributed by atoms with E-state index in [1.165, 1.54) is 0 Å². The molecule has 0 saturated carbocycles. The maximum Gasteiger partial charge on any atom is 0.243 e. The highest BCUT2D eigenvalue weighted by Crippen LogP contribution is 2.33. The molecule has 1 unspecified atom stereocenters. The summed E-state index contributed by atoms with van der Waals surface area (Å²) in [6.07, 6.45) is 4.34. The van der Waals surface area contributed by atoms with Crippen molar-refractivity contribution in [3.8, 4) is 0 Å². The summed E-state index contributed by atoms with van der Waals surface area (Å²) in [5.41, 5.74) is 3.23. The van der Waals surface area contributed by atoms with Gasteiger partial charge >= 0.3 is 0 Å². The summed E-state index contributed by atoms with van der Waals surface area (Å²) in [6, 6.07) is 15.8. The lowest BCUT2D eigenvalue weighted by atomic mass is 9.99. The monoisotopic (exact) mass is 429 g/mol. The zero-order chi connectivity index (χ0) is 18.1. The first kappa shape index (κ1) is 17.3. The zero-order valence-corrected chi connectivity index (χ0v) is 16.3. The van der Waals surface area contributed by atoms with Gasteiger partial charge in [-0.15, -0.1) is 0 Å². The summed E-state index contributed by atoms with van der Waals surface area (Å²) in [7, 11) is 0. The van der Waals surface area contributed by atoms with Crippen molar-refractivity contribution >= 4 is 33.4 Å². The molecular formula is C20H17BrClN3O. The van der Waals surface area contributed by atoms with Crippen LogP contribution in [0.3, 0.4) is 0 Å². The molecule has 26 heavy (non-hydrogen) atoms. The van der Waals surface area contributed by atoms with Crippen LogP contribution >= 0.6 is 27.5 Å². The molecule has 4 rings (SSSR count). The van der Waals surface area contributed by atoms with E-state index in [1.807, 2.05) is 52.1 Å². The number of carbonyl (C=O) groups is 1. The van der Waals surface area contributed by atoms with Gasteiger partial charge in [0.1, 0.15) is 6.54 Å². The Labute approximate surface area is 165 Å². The topological polar surface area (TPSA) is 38.1 Å². The van der Waals surface area contributed by atoms with Gasteiger partial charge in [0.15, 0.2) is 0 Å². The van der Waals surface area contributed by atoms with Crippen molar-refractivity contribution in [2.45, 2.75) is 19.0 Å². The van der Waals surface area contributed by atoms with Crippen LogP contribution in [0, 0.1) is 0 Å². The van der Waals surface area contributed by atoms with Crippen LogP contribution in [0.4, 0.5) is 0 Å². The highest BCUT2D eigenvalue weighted by molar-refractivity contribution is 9.10. The number of benzene rings is 2.